The van der Waals surface area contributed by atoms with E-state index in [-0.39, 0.29) is 31.2 Å². The zero-order chi connectivity index (χ0) is 19.2. The molecule has 1 aliphatic heterocycles. The van der Waals surface area contributed by atoms with Crippen molar-refractivity contribution < 1.29 is 27.6 Å². The molecule has 1 aromatic rings. The van der Waals surface area contributed by atoms with Gasteiger partial charge in [-0.1, -0.05) is 0 Å². The number of carbonyl (C=O) groups is 1. The third-order valence-corrected chi connectivity index (χ3v) is 3.76. The maximum Gasteiger partial charge on any atom is 0.416 e. The average molecular weight is 376 g/mol. The van der Waals surface area contributed by atoms with Gasteiger partial charge in [0.2, 0.25) is 5.91 Å². The molecule has 0 atom stereocenters. The average Bonchev–Trinajstić information content (AvgIpc) is 2.58. The summed E-state index contributed by atoms with van der Waals surface area (Å²) in [6, 6.07) is 2.27. The van der Waals surface area contributed by atoms with Crippen molar-refractivity contribution in [3.05, 3.63) is 33.9 Å². The summed E-state index contributed by atoms with van der Waals surface area (Å²) in [6.45, 7) is 3.04. The first-order chi connectivity index (χ1) is 12.3. The summed E-state index contributed by atoms with van der Waals surface area (Å²) in [6.07, 6.45) is -4.66. The number of hydrogen-bond acceptors (Lipinski definition) is 6. The summed E-state index contributed by atoms with van der Waals surface area (Å²) in [5, 5.41) is 16.3. The Morgan fingerprint density at radius 1 is 1.27 bits per heavy atom. The molecule has 26 heavy (non-hydrogen) atoms. The third-order valence-electron chi connectivity index (χ3n) is 3.76. The molecule has 0 bridgehead atoms. The summed E-state index contributed by atoms with van der Waals surface area (Å²) < 4.78 is 43.1. The molecular formula is C15H19F3N4O4. The molecule has 8 nitrogen and oxygen atoms in total. The van der Waals surface area contributed by atoms with Crippen LogP contribution in [0.2, 0.25) is 0 Å². The fraction of sp³-hybridized carbons (Fsp3) is 0.533. The highest BCUT2D eigenvalue weighted by molar-refractivity contribution is 5.78. The number of halogens is 3. The number of benzene rings is 1. The third kappa shape index (κ3) is 5.85. The second-order valence-electron chi connectivity index (χ2n) is 5.65. The second kappa shape index (κ2) is 8.81. The van der Waals surface area contributed by atoms with E-state index >= 15 is 0 Å². The minimum absolute atomic E-state index is 0.0366. The molecule has 1 fully saturated rings. The van der Waals surface area contributed by atoms with Crippen LogP contribution in [-0.4, -0.2) is 61.7 Å². The lowest BCUT2D eigenvalue weighted by Gasteiger charge is -2.25. The molecule has 0 aromatic heterocycles. The van der Waals surface area contributed by atoms with E-state index in [9.17, 15) is 28.1 Å². The van der Waals surface area contributed by atoms with Crippen LogP contribution in [0.3, 0.4) is 0 Å². The van der Waals surface area contributed by atoms with E-state index in [1.807, 2.05) is 4.90 Å². The van der Waals surface area contributed by atoms with Gasteiger partial charge in [-0.2, -0.15) is 13.2 Å². The van der Waals surface area contributed by atoms with Gasteiger partial charge in [0.05, 0.1) is 30.2 Å². The molecule has 1 saturated heterocycles. The van der Waals surface area contributed by atoms with Gasteiger partial charge in [0, 0.05) is 32.2 Å². The quantitative estimate of drug-likeness (QED) is 0.425. The number of anilines is 1. The van der Waals surface area contributed by atoms with Gasteiger partial charge >= 0.3 is 6.18 Å². The highest BCUT2D eigenvalue weighted by Crippen LogP contribution is 2.34. The van der Waals surface area contributed by atoms with Crippen LogP contribution in [-0.2, 0) is 15.7 Å². The fourth-order valence-electron chi connectivity index (χ4n) is 2.43. The topological polar surface area (TPSA) is 96.7 Å². The van der Waals surface area contributed by atoms with Gasteiger partial charge < -0.3 is 15.4 Å². The zero-order valence-electron chi connectivity index (χ0n) is 13.8. The Bertz CT molecular complexity index is 648. The first-order valence-corrected chi connectivity index (χ1v) is 7.93. The van der Waals surface area contributed by atoms with Crippen molar-refractivity contribution in [1.82, 2.24) is 10.2 Å². The summed E-state index contributed by atoms with van der Waals surface area (Å²) in [5.41, 5.74) is -1.79. The Morgan fingerprint density at radius 3 is 2.58 bits per heavy atom. The highest BCUT2D eigenvalue weighted by atomic mass is 19.4. The monoisotopic (exact) mass is 376 g/mol. The molecule has 0 saturated carbocycles. The summed E-state index contributed by atoms with van der Waals surface area (Å²) >= 11 is 0. The van der Waals surface area contributed by atoms with Crippen LogP contribution in [0.15, 0.2) is 18.2 Å². The highest BCUT2D eigenvalue weighted by Gasteiger charge is 2.33. The van der Waals surface area contributed by atoms with Gasteiger partial charge in [-0.15, -0.1) is 0 Å². The molecule has 1 heterocycles. The summed E-state index contributed by atoms with van der Waals surface area (Å²) in [7, 11) is 0. The fourth-order valence-corrected chi connectivity index (χ4v) is 2.43. The lowest BCUT2D eigenvalue weighted by Crippen LogP contribution is -2.43. The Kier molecular flexibility index (Phi) is 6.75. The van der Waals surface area contributed by atoms with Crippen molar-refractivity contribution in [2.24, 2.45) is 0 Å². The molecule has 0 unspecified atom stereocenters. The SMILES string of the molecule is O=C(CN1CCOCC1)NCCNc1ccc(C(F)(F)F)cc1[N+](=O)[O-]. The Labute approximate surface area is 147 Å². The van der Waals surface area contributed by atoms with Crippen LogP contribution >= 0.6 is 0 Å². The number of alkyl halides is 3. The van der Waals surface area contributed by atoms with Crippen molar-refractivity contribution in [3.63, 3.8) is 0 Å². The van der Waals surface area contributed by atoms with Crippen molar-refractivity contribution in [2.75, 3.05) is 51.3 Å². The van der Waals surface area contributed by atoms with Crippen molar-refractivity contribution in [2.45, 2.75) is 6.18 Å². The van der Waals surface area contributed by atoms with E-state index in [0.717, 1.165) is 12.1 Å². The number of amides is 1. The van der Waals surface area contributed by atoms with Crippen LogP contribution in [0.25, 0.3) is 0 Å². The zero-order valence-corrected chi connectivity index (χ0v) is 13.8. The van der Waals surface area contributed by atoms with E-state index in [0.29, 0.717) is 32.4 Å². The van der Waals surface area contributed by atoms with Gasteiger partial charge in [-0.3, -0.25) is 19.8 Å². The number of ether oxygens (including phenoxy) is 1. The Balaban J connectivity index is 1.83. The minimum Gasteiger partial charge on any atom is -0.379 e. The molecule has 0 aliphatic carbocycles. The number of nitro benzene ring substituents is 1. The van der Waals surface area contributed by atoms with E-state index in [1.165, 1.54) is 0 Å². The maximum absolute atomic E-state index is 12.6. The lowest BCUT2D eigenvalue weighted by atomic mass is 10.1. The van der Waals surface area contributed by atoms with Crippen molar-refractivity contribution in [1.29, 1.82) is 0 Å². The molecule has 0 spiro atoms. The number of rotatable bonds is 7. The summed E-state index contributed by atoms with van der Waals surface area (Å²) in [4.78, 5) is 23.8. The van der Waals surface area contributed by atoms with E-state index in [4.69, 9.17) is 4.74 Å². The van der Waals surface area contributed by atoms with Gasteiger partial charge in [0.25, 0.3) is 5.69 Å². The van der Waals surface area contributed by atoms with E-state index in [1.54, 1.807) is 0 Å². The number of nitrogens with one attached hydrogen (secondary N) is 2. The molecule has 1 aromatic carbocycles. The van der Waals surface area contributed by atoms with Gasteiger partial charge in [0.1, 0.15) is 5.69 Å². The number of nitro groups is 1. The van der Waals surface area contributed by atoms with Crippen LogP contribution in [0.4, 0.5) is 24.5 Å². The lowest BCUT2D eigenvalue weighted by molar-refractivity contribution is -0.384. The standard InChI is InChI=1S/C15H19F3N4O4/c16-15(17,18)11-1-2-12(13(9-11)22(24)25)19-3-4-20-14(23)10-21-5-7-26-8-6-21/h1-2,9,19H,3-8,10H2,(H,20,23). The molecule has 2 N–H and O–H groups in total. The molecule has 1 amide bonds. The number of hydrogen-bond donors (Lipinski definition) is 2. The first kappa shape index (κ1) is 19.9. The van der Waals surface area contributed by atoms with E-state index < -0.39 is 22.4 Å². The Morgan fingerprint density at radius 2 is 1.96 bits per heavy atom. The smallest absolute Gasteiger partial charge is 0.379 e. The normalized spacial score (nSPS) is 15.5. The number of nitrogens with zero attached hydrogens (tertiary/aromatic N) is 2. The predicted octanol–water partition coefficient (Wildman–Crippen LogP) is 1.47. The van der Waals surface area contributed by atoms with Crippen molar-refractivity contribution >= 4 is 17.3 Å². The predicted molar refractivity (Wildman–Crippen MR) is 86.9 cm³/mol. The van der Waals surface area contributed by atoms with Crippen LogP contribution in [0, 0.1) is 10.1 Å². The Hall–Kier alpha value is -2.40. The molecule has 0 radical (unpaired) electrons. The number of morpholine rings is 1. The molecule has 144 valence electrons. The van der Waals surface area contributed by atoms with Gasteiger partial charge in [-0.05, 0) is 12.1 Å². The molecule has 11 heteroatoms. The van der Waals surface area contributed by atoms with Crippen LogP contribution in [0.1, 0.15) is 5.56 Å². The van der Waals surface area contributed by atoms with Crippen LogP contribution < -0.4 is 10.6 Å². The van der Waals surface area contributed by atoms with Crippen LogP contribution in [0.5, 0.6) is 0 Å². The van der Waals surface area contributed by atoms with Gasteiger partial charge in [-0.25, -0.2) is 0 Å². The van der Waals surface area contributed by atoms with Crippen molar-refractivity contribution in [3.8, 4) is 0 Å². The minimum atomic E-state index is -4.66. The summed E-state index contributed by atoms with van der Waals surface area (Å²) in [5.74, 6) is -0.199. The first-order valence-electron chi connectivity index (χ1n) is 7.93. The molecule has 1 aliphatic rings. The largest absolute Gasteiger partial charge is 0.416 e. The van der Waals surface area contributed by atoms with Gasteiger partial charge in [0.15, 0.2) is 0 Å². The maximum atomic E-state index is 12.6. The molecular weight excluding hydrogens is 357 g/mol. The molecule has 2 rings (SSSR count). The van der Waals surface area contributed by atoms with E-state index in [2.05, 4.69) is 10.6 Å². The second-order valence-corrected chi connectivity index (χ2v) is 5.65. The number of carbonyl (C=O) groups excluding carboxylic acids is 1.